The van der Waals surface area contributed by atoms with Gasteiger partial charge in [-0.15, -0.1) is 0 Å². The molecule has 1 amide bonds. The number of hydrogen-bond donors (Lipinski definition) is 2. The van der Waals surface area contributed by atoms with E-state index in [2.05, 4.69) is 15.3 Å². The van der Waals surface area contributed by atoms with E-state index >= 15 is 0 Å². The fraction of sp³-hybridized carbons (Fsp3) is 0.333. The zero-order valence-electron chi connectivity index (χ0n) is 6.42. The summed E-state index contributed by atoms with van der Waals surface area (Å²) in [5.74, 6) is -0.435. The van der Waals surface area contributed by atoms with Crippen molar-refractivity contribution >= 4 is 17.2 Å². The molecule has 1 heterocycles. The molecule has 0 saturated carbocycles. The highest BCUT2D eigenvalue weighted by Gasteiger charge is 2.06. The minimum absolute atomic E-state index is 0.221. The summed E-state index contributed by atoms with van der Waals surface area (Å²) >= 11 is 0.939. The van der Waals surface area contributed by atoms with Gasteiger partial charge in [0.05, 0.1) is 6.61 Å². The third kappa shape index (κ3) is 2.18. The number of thiazole rings is 1. The van der Waals surface area contributed by atoms with E-state index in [1.54, 1.807) is 6.92 Å². The first-order valence-corrected chi connectivity index (χ1v) is 4.22. The molecule has 0 atom stereocenters. The van der Waals surface area contributed by atoms with Crippen molar-refractivity contribution < 1.29 is 9.63 Å². The first-order valence-electron chi connectivity index (χ1n) is 3.34. The van der Waals surface area contributed by atoms with Crippen LogP contribution >= 0.6 is 11.3 Å². The first kappa shape index (κ1) is 8.95. The van der Waals surface area contributed by atoms with Crippen LogP contribution in [-0.2, 0) is 4.84 Å². The lowest BCUT2D eigenvalue weighted by Crippen LogP contribution is -2.24. The van der Waals surface area contributed by atoms with Crippen molar-refractivity contribution in [2.45, 2.75) is 6.92 Å². The van der Waals surface area contributed by atoms with Gasteiger partial charge in [-0.2, -0.15) is 0 Å². The van der Waals surface area contributed by atoms with Gasteiger partial charge in [0.1, 0.15) is 5.69 Å². The second-order valence-electron chi connectivity index (χ2n) is 1.93. The van der Waals surface area contributed by atoms with Crippen LogP contribution in [0, 0.1) is 0 Å². The van der Waals surface area contributed by atoms with Crippen LogP contribution in [-0.4, -0.2) is 17.5 Å². The average molecular weight is 188 g/mol. The molecule has 2 N–H and O–H groups in total. The number of aromatic nitrogens is 1. The maximum absolute atomic E-state index is 11.0. The van der Waals surface area contributed by atoms with Gasteiger partial charge in [0.2, 0.25) is 0 Å². The van der Waals surface area contributed by atoms with Gasteiger partial charge in [-0.1, -0.05) is 11.3 Å². The molecule has 1 aromatic rings. The Kier molecular flexibility index (Phi) is 3.01. The lowest BCUT2D eigenvalue weighted by molar-refractivity contribution is 0.0360. The summed E-state index contributed by atoms with van der Waals surface area (Å²) in [7, 11) is 0. The zero-order valence-corrected chi connectivity index (χ0v) is 7.23. The van der Waals surface area contributed by atoms with E-state index in [1.807, 2.05) is 0 Å². The minimum Gasteiger partial charge on any atom is -0.308 e. The number of amides is 1. The summed E-state index contributed by atoms with van der Waals surface area (Å²) in [5, 5.41) is 1.44. The van der Waals surface area contributed by atoms with Crippen molar-refractivity contribution in [2.75, 3.05) is 6.61 Å². The molecule has 0 bridgehead atoms. The van der Waals surface area contributed by atoms with E-state index in [9.17, 15) is 9.59 Å². The molecule has 0 aliphatic rings. The quantitative estimate of drug-likeness (QED) is 0.662. The second kappa shape index (κ2) is 4.03. The van der Waals surface area contributed by atoms with Crippen molar-refractivity contribution in [3.63, 3.8) is 0 Å². The van der Waals surface area contributed by atoms with Crippen LogP contribution in [0.4, 0.5) is 0 Å². The molecule has 0 aliphatic carbocycles. The number of H-pyrrole nitrogens is 1. The third-order valence-electron chi connectivity index (χ3n) is 1.07. The molecule has 0 saturated heterocycles. The Morgan fingerprint density at radius 3 is 3.08 bits per heavy atom. The third-order valence-corrected chi connectivity index (χ3v) is 1.74. The van der Waals surface area contributed by atoms with Gasteiger partial charge in [0.15, 0.2) is 0 Å². The number of rotatable bonds is 3. The summed E-state index contributed by atoms with van der Waals surface area (Å²) in [6.07, 6.45) is 0. The fourth-order valence-corrected chi connectivity index (χ4v) is 1.14. The molecule has 6 heteroatoms. The molecule has 66 valence electrons. The van der Waals surface area contributed by atoms with Gasteiger partial charge in [0.25, 0.3) is 5.91 Å². The maximum Gasteiger partial charge on any atom is 0.305 e. The zero-order chi connectivity index (χ0) is 8.97. The van der Waals surface area contributed by atoms with Gasteiger partial charge in [-0.3, -0.25) is 14.4 Å². The van der Waals surface area contributed by atoms with E-state index in [-0.39, 0.29) is 10.6 Å². The Labute approximate surface area is 72.3 Å². The molecule has 0 aromatic carbocycles. The van der Waals surface area contributed by atoms with E-state index < -0.39 is 5.91 Å². The van der Waals surface area contributed by atoms with Crippen molar-refractivity contribution in [3.05, 3.63) is 20.7 Å². The summed E-state index contributed by atoms with van der Waals surface area (Å²) < 4.78 is 0. The van der Waals surface area contributed by atoms with Crippen molar-refractivity contribution in [1.29, 1.82) is 0 Å². The number of hydroxylamine groups is 1. The standard InChI is InChI=1S/C6H8N2O3S/c1-2-11-8-5(9)4-3-12-6(10)7-4/h3H,2H2,1H3,(H,7,10)(H,8,9). The highest BCUT2D eigenvalue weighted by molar-refractivity contribution is 7.07. The molecule has 12 heavy (non-hydrogen) atoms. The normalized spacial score (nSPS) is 9.75. The van der Waals surface area contributed by atoms with Crippen LogP contribution in [0.15, 0.2) is 10.2 Å². The number of carbonyl (C=O) groups is 1. The van der Waals surface area contributed by atoms with Gasteiger partial charge in [-0.05, 0) is 6.92 Å². The molecule has 0 radical (unpaired) electrons. The van der Waals surface area contributed by atoms with E-state index in [0.717, 1.165) is 11.3 Å². The predicted molar refractivity (Wildman–Crippen MR) is 44.0 cm³/mol. The van der Waals surface area contributed by atoms with Gasteiger partial charge in [-0.25, -0.2) is 5.48 Å². The first-order chi connectivity index (χ1) is 5.74. The van der Waals surface area contributed by atoms with Crippen LogP contribution in [0.25, 0.3) is 0 Å². The topological polar surface area (TPSA) is 71.2 Å². The molecule has 5 nitrogen and oxygen atoms in total. The Balaban J connectivity index is 2.59. The molecular weight excluding hydrogens is 180 g/mol. The van der Waals surface area contributed by atoms with Crippen LogP contribution < -0.4 is 10.4 Å². The number of aromatic amines is 1. The van der Waals surface area contributed by atoms with Crippen molar-refractivity contribution in [1.82, 2.24) is 10.5 Å². The van der Waals surface area contributed by atoms with Crippen molar-refractivity contribution in [2.24, 2.45) is 0 Å². The summed E-state index contributed by atoms with van der Waals surface area (Å²) in [5.41, 5.74) is 2.38. The van der Waals surface area contributed by atoms with Crippen LogP contribution in [0.2, 0.25) is 0 Å². The van der Waals surface area contributed by atoms with Crippen LogP contribution in [0.1, 0.15) is 17.4 Å². The molecule has 0 unspecified atom stereocenters. The Bertz CT molecular complexity index is 317. The molecule has 0 aliphatic heterocycles. The fourth-order valence-electron chi connectivity index (χ4n) is 0.584. The van der Waals surface area contributed by atoms with E-state index in [1.165, 1.54) is 5.38 Å². The van der Waals surface area contributed by atoms with Gasteiger partial charge in [0, 0.05) is 5.38 Å². The molecule has 0 spiro atoms. The second-order valence-corrected chi connectivity index (χ2v) is 2.77. The van der Waals surface area contributed by atoms with Crippen molar-refractivity contribution in [3.8, 4) is 0 Å². The number of nitrogens with one attached hydrogen (secondary N) is 2. The minimum atomic E-state index is -0.435. The molecule has 1 aromatic heterocycles. The van der Waals surface area contributed by atoms with E-state index in [0.29, 0.717) is 6.61 Å². The SMILES string of the molecule is CCONC(=O)c1csc(=O)[nH]1. The summed E-state index contributed by atoms with van der Waals surface area (Å²) in [4.78, 5) is 28.4. The monoisotopic (exact) mass is 188 g/mol. The average Bonchev–Trinajstić information content (AvgIpc) is 2.47. The Morgan fingerprint density at radius 2 is 2.58 bits per heavy atom. The van der Waals surface area contributed by atoms with Crippen LogP contribution in [0.5, 0.6) is 0 Å². The molecular formula is C6H8N2O3S. The Hall–Kier alpha value is -1.14. The maximum atomic E-state index is 11.0. The molecule has 0 fully saturated rings. The lowest BCUT2D eigenvalue weighted by atomic mass is 10.5. The largest absolute Gasteiger partial charge is 0.308 e. The predicted octanol–water partition coefficient (Wildman–Crippen LogP) is 0.118. The Morgan fingerprint density at radius 1 is 1.83 bits per heavy atom. The van der Waals surface area contributed by atoms with Crippen LogP contribution in [0.3, 0.4) is 0 Å². The van der Waals surface area contributed by atoms with E-state index in [4.69, 9.17) is 0 Å². The van der Waals surface area contributed by atoms with Gasteiger partial charge < -0.3 is 4.98 Å². The summed E-state index contributed by atoms with van der Waals surface area (Å²) in [6, 6.07) is 0. The highest BCUT2D eigenvalue weighted by Crippen LogP contribution is 1.94. The number of hydrogen-bond acceptors (Lipinski definition) is 4. The lowest BCUT2D eigenvalue weighted by Gasteiger charge is -1.99. The summed E-state index contributed by atoms with van der Waals surface area (Å²) in [6.45, 7) is 2.14. The smallest absolute Gasteiger partial charge is 0.305 e. The van der Waals surface area contributed by atoms with Gasteiger partial charge >= 0.3 is 4.87 Å². The molecule has 1 rings (SSSR count). The highest BCUT2D eigenvalue weighted by atomic mass is 32.1. The number of carbonyl (C=O) groups excluding carboxylic acids is 1.